The predicted molar refractivity (Wildman–Crippen MR) is 104 cm³/mol. The number of aromatic nitrogens is 3. The van der Waals surface area contributed by atoms with E-state index in [1.807, 2.05) is 61.5 Å². The van der Waals surface area contributed by atoms with Gasteiger partial charge in [-0.3, -0.25) is 4.79 Å². The number of hydrogen-bond donors (Lipinski definition) is 1. The Bertz CT molecular complexity index is 876. The third-order valence-electron chi connectivity index (χ3n) is 4.18. The summed E-state index contributed by atoms with van der Waals surface area (Å²) < 4.78 is 2.69. The van der Waals surface area contributed by atoms with Gasteiger partial charge in [0.05, 0.1) is 5.69 Å². The molecule has 0 amide bonds. The normalized spacial score (nSPS) is 12.1. The van der Waals surface area contributed by atoms with Gasteiger partial charge in [0.15, 0.2) is 11.6 Å². The highest BCUT2D eigenvalue weighted by molar-refractivity contribution is 9.10. The summed E-state index contributed by atoms with van der Waals surface area (Å²) in [4.78, 5) is 16.4. The van der Waals surface area contributed by atoms with Crippen molar-refractivity contribution in [2.75, 3.05) is 0 Å². The van der Waals surface area contributed by atoms with E-state index < -0.39 is 11.9 Å². The van der Waals surface area contributed by atoms with Gasteiger partial charge in [0.1, 0.15) is 5.92 Å². The second kappa shape index (κ2) is 8.27. The minimum Gasteiger partial charge on any atom is -0.481 e. The number of carbonyl (C=O) groups is 1. The van der Waals surface area contributed by atoms with Crippen molar-refractivity contribution in [2.24, 2.45) is 0 Å². The van der Waals surface area contributed by atoms with E-state index in [4.69, 9.17) is 0 Å². The van der Waals surface area contributed by atoms with Gasteiger partial charge in [-0.05, 0) is 30.7 Å². The van der Waals surface area contributed by atoms with Crippen LogP contribution in [0.15, 0.2) is 59.1 Å². The average Bonchev–Trinajstić information content (AvgIpc) is 3.08. The fraction of sp³-hybridized carbons (Fsp3) is 0.250. The van der Waals surface area contributed by atoms with E-state index in [2.05, 4.69) is 26.0 Å². The number of hydrogen-bond acceptors (Lipinski definition) is 3. The predicted octanol–water partition coefficient (Wildman–Crippen LogP) is 5.06. The number of carboxylic acids is 1. The van der Waals surface area contributed by atoms with Crippen molar-refractivity contribution < 1.29 is 9.90 Å². The van der Waals surface area contributed by atoms with Crippen molar-refractivity contribution in [3.63, 3.8) is 0 Å². The molecule has 0 aliphatic rings. The number of rotatable bonds is 7. The Kier molecular flexibility index (Phi) is 5.83. The molecule has 1 unspecified atom stereocenters. The number of nitrogens with zero attached hydrogens (tertiary/aromatic N) is 3. The molecule has 1 aromatic heterocycles. The van der Waals surface area contributed by atoms with Gasteiger partial charge < -0.3 is 5.11 Å². The minimum absolute atomic E-state index is 0.354. The molecule has 1 heterocycles. The van der Waals surface area contributed by atoms with Gasteiger partial charge in [0.25, 0.3) is 0 Å². The van der Waals surface area contributed by atoms with E-state index in [9.17, 15) is 9.90 Å². The van der Waals surface area contributed by atoms with E-state index in [1.54, 1.807) is 4.68 Å². The van der Waals surface area contributed by atoms with Gasteiger partial charge in [-0.1, -0.05) is 66.0 Å². The third-order valence-corrected chi connectivity index (χ3v) is 4.71. The molecule has 1 atom stereocenters. The second-order valence-electron chi connectivity index (χ2n) is 6.08. The van der Waals surface area contributed by atoms with Gasteiger partial charge in [-0.2, -0.15) is 0 Å². The van der Waals surface area contributed by atoms with E-state index in [0.717, 1.165) is 28.6 Å². The SMILES string of the molecule is CCCCC(C(=O)O)c1nc(-c2ccc(Br)cc2)n(-c2ccccc2)n1. The average molecular weight is 414 g/mol. The van der Waals surface area contributed by atoms with Gasteiger partial charge in [-0.25, -0.2) is 9.67 Å². The molecular formula is C20H20BrN3O2. The third kappa shape index (κ3) is 4.02. The van der Waals surface area contributed by atoms with Crippen LogP contribution in [0.2, 0.25) is 0 Å². The molecule has 26 heavy (non-hydrogen) atoms. The molecule has 0 saturated carbocycles. The van der Waals surface area contributed by atoms with Crippen molar-refractivity contribution in [1.82, 2.24) is 14.8 Å². The van der Waals surface area contributed by atoms with Crippen LogP contribution in [0.5, 0.6) is 0 Å². The van der Waals surface area contributed by atoms with Gasteiger partial charge in [-0.15, -0.1) is 5.10 Å². The standard InChI is InChI=1S/C20H20BrN3O2/c1-2-3-9-17(20(25)26)18-22-19(14-10-12-15(21)13-11-14)24(23-18)16-7-5-4-6-8-16/h4-8,10-13,17H,2-3,9H2,1H3,(H,25,26). The number of unbranched alkanes of at least 4 members (excludes halogenated alkanes) is 1. The maximum atomic E-state index is 11.7. The van der Waals surface area contributed by atoms with Crippen LogP contribution in [0, 0.1) is 0 Å². The van der Waals surface area contributed by atoms with Crippen molar-refractivity contribution in [3.8, 4) is 17.1 Å². The molecule has 3 rings (SSSR count). The number of para-hydroxylation sites is 1. The first-order chi connectivity index (χ1) is 12.6. The summed E-state index contributed by atoms with van der Waals surface area (Å²) in [5.74, 6) is -0.589. The molecule has 3 aromatic rings. The maximum absolute atomic E-state index is 11.7. The lowest BCUT2D eigenvalue weighted by molar-refractivity contribution is -0.139. The topological polar surface area (TPSA) is 68.0 Å². The summed E-state index contributed by atoms with van der Waals surface area (Å²) in [6.45, 7) is 2.04. The molecule has 0 saturated heterocycles. The van der Waals surface area contributed by atoms with Gasteiger partial charge >= 0.3 is 5.97 Å². The van der Waals surface area contributed by atoms with Crippen LogP contribution in [0.3, 0.4) is 0 Å². The summed E-state index contributed by atoms with van der Waals surface area (Å²) in [6.07, 6.45) is 2.29. The Morgan fingerprint density at radius 1 is 1.15 bits per heavy atom. The lowest BCUT2D eigenvalue weighted by Gasteiger charge is -2.07. The first-order valence-electron chi connectivity index (χ1n) is 8.61. The first kappa shape index (κ1) is 18.3. The molecule has 134 valence electrons. The van der Waals surface area contributed by atoms with Gasteiger partial charge in [0.2, 0.25) is 0 Å². The van der Waals surface area contributed by atoms with Gasteiger partial charge in [0, 0.05) is 10.0 Å². The lowest BCUT2D eigenvalue weighted by atomic mass is 10.0. The Hall–Kier alpha value is -2.47. The van der Waals surface area contributed by atoms with E-state index in [1.165, 1.54) is 0 Å². The molecule has 0 fully saturated rings. The van der Waals surface area contributed by atoms with Crippen LogP contribution in [0.1, 0.15) is 37.9 Å². The number of halogens is 1. The first-order valence-corrected chi connectivity index (χ1v) is 9.40. The number of carboxylic acid groups (broad SMARTS) is 1. The molecule has 1 N–H and O–H groups in total. The molecule has 0 aliphatic carbocycles. The second-order valence-corrected chi connectivity index (χ2v) is 7.00. The molecule has 5 nitrogen and oxygen atoms in total. The molecule has 0 bridgehead atoms. The van der Waals surface area contributed by atoms with Crippen LogP contribution in [-0.4, -0.2) is 25.8 Å². The van der Waals surface area contributed by atoms with Crippen LogP contribution in [-0.2, 0) is 4.79 Å². The fourth-order valence-electron chi connectivity index (χ4n) is 2.78. The lowest BCUT2D eigenvalue weighted by Crippen LogP contribution is -2.13. The molecule has 6 heteroatoms. The Balaban J connectivity index is 2.10. The zero-order chi connectivity index (χ0) is 18.5. The highest BCUT2D eigenvalue weighted by Gasteiger charge is 2.26. The van der Waals surface area contributed by atoms with E-state index >= 15 is 0 Å². The van der Waals surface area contributed by atoms with Crippen LogP contribution < -0.4 is 0 Å². The number of aliphatic carboxylic acids is 1. The quantitative estimate of drug-likeness (QED) is 0.587. The number of benzene rings is 2. The smallest absolute Gasteiger partial charge is 0.314 e. The largest absolute Gasteiger partial charge is 0.481 e. The van der Waals surface area contributed by atoms with Crippen molar-refractivity contribution in [3.05, 3.63) is 64.9 Å². The zero-order valence-electron chi connectivity index (χ0n) is 14.5. The van der Waals surface area contributed by atoms with Crippen molar-refractivity contribution in [1.29, 1.82) is 0 Å². The monoisotopic (exact) mass is 413 g/mol. The summed E-state index contributed by atoms with van der Waals surface area (Å²) in [6, 6.07) is 17.4. The summed E-state index contributed by atoms with van der Waals surface area (Å²) >= 11 is 3.44. The fourth-order valence-corrected chi connectivity index (χ4v) is 3.05. The summed E-state index contributed by atoms with van der Waals surface area (Å²) in [7, 11) is 0. The molecule has 0 aliphatic heterocycles. The van der Waals surface area contributed by atoms with Crippen molar-refractivity contribution >= 4 is 21.9 Å². The van der Waals surface area contributed by atoms with Crippen molar-refractivity contribution in [2.45, 2.75) is 32.1 Å². The zero-order valence-corrected chi connectivity index (χ0v) is 16.1. The summed E-state index contributed by atoms with van der Waals surface area (Å²) in [5.41, 5.74) is 1.74. The summed E-state index contributed by atoms with van der Waals surface area (Å²) in [5, 5.41) is 14.2. The Morgan fingerprint density at radius 3 is 2.46 bits per heavy atom. The van der Waals surface area contributed by atoms with Crippen LogP contribution in [0.4, 0.5) is 0 Å². The molecule has 0 radical (unpaired) electrons. The van der Waals surface area contributed by atoms with Crippen LogP contribution in [0.25, 0.3) is 17.1 Å². The van der Waals surface area contributed by atoms with Crippen LogP contribution >= 0.6 is 15.9 Å². The van der Waals surface area contributed by atoms with E-state index in [0.29, 0.717) is 18.1 Å². The minimum atomic E-state index is -0.883. The maximum Gasteiger partial charge on any atom is 0.314 e. The highest BCUT2D eigenvalue weighted by Crippen LogP contribution is 2.27. The Morgan fingerprint density at radius 2 is 1.85 bits per heavy atom. The molecule has 2 aromatic carbocycles. The highest BCUT2D eigenvalue weighted by atomic mass is 79.9. The van der Waals surface area contributed by atoms with E-state index in [-0.39, 0.29) is 0 Å². The Labute approximate surface area is 160 Å². The molecular weight excluding hydrogens is 394 g/mol. The molecule has 0 spiro atoms.